The summed E-state index contributed by atoms with van der Waals surface area (Å²) in [4.78, 5) is 23.6. The van der Waals surface area contributed by atoms with Crippen LogP contribution in [-0.2, 0) is 9.53 Å². The molecule has 0 radical (unpaired) electrons. The van der Waals surface area contributed by atoms with Crippen molar-refractivity contribution in [2.24, 2.45) is 0 Å². The number of ether oxygens (including phenoxy) is 1. The molecule has 72 valence electrons. The summed E-state index contributed by atoms with van der Waals surface area (Å²) in [6.07, 6.45) is 2.39. The molecule has 1 saturated heterocycles. The summed E-state index contributed by atoms with van der Waals surface area (Å²) < 4.78 is 4.80. The van der Waals surface area contributed by atoms with Gasteiger partial charge in [0.15, 0.2) is 5.78 Å². The highest BCUT2D eigenvalue weighted by Crippen LogP contribution is 2.06. The molecule has 0 aromatic heterocycles. The van der Waals surface area contributed by atoms with Crippen LogP contribution in [0.1, 0.15) is 12.8 Å². The Morgan fingerprint density at radius 3 is 3.08 bits per heavy atom. The molecular formula is C9H13NO3. The predicted octanol–water partition coefficient (Wildman–Crippen LogP) is 0.974. The number of carbonyl (C=O) groups is 2. The average molecular weight is 183 g/mol. The summed E-state index contributed by atoms with van der Waals surface area (Å²) >= 11 is 0. The molecule has 1 aliphatic heterocycles. The van der Waals surface area contributed by atoms with Crippen molar-refractivity contribution < 1.29 is 14.3 Å². The van der Waals surface area contributed by atoms with Crippen LogP contribution < -0.4 is 0 Å². The van der Waals surface area contributed by atoms with Crippen molar-refractivity contribution in [3.05, 3.63) is 12.7 Å². The first-order valence-corrected chi connectivity index (χ1v) is 4.28. The van der Waals surface area contributed by atoms with Crippen molar-refractivity contribution in [2.75, 3.05) is 19.7 Å². The number of rotatable bonds is 2. The number of carbonyl (C=O) groups excluding carboxylic acids is 2. The first-order valence-electron chi connectivity index (χ1n) is 4.28. The Balaban J connectivity index is 2.36. The lowest BCUT2D eigenvalue weighted by atomic mass is 10.1. The fourth-order valence-electron chi connectivity index (χ4n) is 1.22. The smallest absolute Gasteiger partial charge is 0.410 e. The van der Waals surface area contributed by atoms with E-state index in [1.165, 1.54) is 11.0 Å². The SMILES string of the molecule is C=CCOC(=O)N1CCCC(=O)C1. The summed E-state index contributed by atoms with van der Waals surface area (Å²) in [6, 6.07) is 0. The number of amides is 1. The highest BCUT2D eigenvalue weighted by Gasteiger charge is 2.21. The number of piperidine rings is 1. The molecule has 0 aromatic rings. The van der Waals surface area contributed by atoms with Crippen molar-refractivity contribution in [1.82, 2.24) is 4.90 Å². The van der Waals surface area contributed by atoms with Crippen molar-refractivity contribution in [2.45, 2.75) is 12.8 Å². The van der Waals surface area contributed by atoms with Gasteiger partial charge in [0.1, 0.15) is 6.61 Å². The fourth-order valence-corrected chi connectivity index (χ4v) is 1.22. The molecule has 0 bridgehead atoms. The Hall–Kier alpha value is -1.32. The third-order valence-electron chi connectivity index (χ3n) is 1.83. The third-order valence-corrected chi connectivity index (χ3v) is 1.83. The normalized spacial score (nSPS) is 16.9. The van der Waals surface area contributed by atoms with E-state index in [-0.39, 0.29) is 18.9 Å². The molecule has 0 aliphatic carbocycles. The number of nitrogens with zero attached hydrogens (tertiary/aromatic N) is 1. The Bertz CT molecular complexity index is 225. The van der Waals surface area contributed by atoms with E-state index < -0.39 is 6.09 Å². The molecule has 1 fully saturated rings. The molecule has 0 aromatic carbocycles. The Labute approximate surface area is 77.2 Å². The highest BCUT2D eigenvalue weighted by atomic mass is 16.6. The van der Waals surface area contributed by atoms with Crippen LogP contribution in [0.4, 0.5) is 4.79 Å². The molecule has 1 aliphatic rings. The van der Waals surface area contributed by atoms with E-state index in [2.05, 4.69) is 6.58 Å². The predicted molar refractivity (Wildman–Crippen MR) is 47.4 cm³/mol. The molecule has 4 heteroatoms. The van der Waals surface area contributed by atoms with Gasteiger partial charge >= 0.3 is 6.09 Å². The minimum absolute atomic E-state index is 0.0989. The van der Waals surface area contributed by atoms with E-state index >= 15 is 0 Å². The lowest BCUT2D eigenvalue weighted by Crippen LogP contribution is -2.40. The summed E-state index contributed by atoms with van der Waals surface area (Å²) in [5, 5.41) is 0. The maximum absolute atomic E-state index is 11.2. The second kappa shape index (κ2) is 4.64. The van der Waals surface area contributed by atoms with Gasteiger partial charge in [-0.1, -0.05) is 12.7 Å². The van der Waals surface area contributed by atoms with Crippen LogP contribution in [0, 0.1) is 0 Å². The van der Waals surface area contributed by atoms with E-state index in [1.807, 2.05) is 0 Å². The van der Waals surface area contributed by atoms with Gasteiger partial charge in [-0.05, 0) is 6.42 Å². The van der Waals surface area contributed by atoms with Crippen molar-refractivity contribution in [3.63, 3.8) is 0 Å². The Morgan fingerprint density at radius 1 is 1.69 bits per heavy atom. The van der Waals surface area contributed by atoms with Crippen LogP contribution in [0.15, 0.2) is 12.7 Å². The molecule has 1 heterocycles. The largest absolute Gasteiger partial charge is 0.445 e. The van der Waals surface area contributed by atoms with Crippen LogP contribution in [0.2, 0.25) is 0 Å². The highest BCUT2D eigenvalue weighted by molar-refractivity contribution is 5.85. The first-order chi connectivity index (χ1) is 6.24. The van der Waals surface area contributed by atoms with Crippen molar-refractivity contribution in [3.8, 4) is 0 Å². The molecule has 1 amide bonds. The molecule has 0 saturated carbocycles. The summed E-state index contributed by atoms with van der Waals surface area (Å²) in [6.45, 7) is 4.43. The number of likely N-dealkylation sites (tertiary alicyclic amines) is 1. The van der Waals surface area contributed by atoms with Gasteiger partial charge in [0, 0.05) is 13.0 Å². The minimum Gasteiger partial charge on any atom is -0.445 e. The van der Waals surface area contributed by atoms with Crippen molar-refractivity contribution >= 4 is 11.9 Å². The van der Waals surface area contributed by atoms with E-state index in [4.69, 9.17) is 4.74 Å². The van der Waals surface area contributed by atoms with E-state index in [1.54, 1.807) is 0 Å². The fraction of sp³-hybridized carbons (Fsp3) is 0.556. The number of ketones is 1. The number of Topliss-reactive ketones (excluding diaryl/α,β-unsaturated/α-hetero) is 1. The summed E-state index contributed by atoms with van der Waals surface area (Å²) in [5.41, 5.74) is 0. The molecule has 4 nitrogen and oxygen atoms in total. The van der Waals surface area contributed by atoms with E-state index in [0.29, 0.717) is 13.0 Å². The third kappa shape index (κ3) is 2.89. The summed E-state index contributed by atoms with van der Waals surface area (Å²) in [5.74, 6) is 0.0989. The van der Waals surface area contributed by atoms with Gasteiger partial charge in [-0.25, -0.2) is 4.79 Å². The number of hydrogen-bond acceptors (Lipinski definition) is 3. The summed E-state index contributed by atoms with van der Waals surface area (Å²) in [7, 11) is 0. The lowest BCUT2D eigenvalue weighted by Gasteiger charge is -2.24. The zero-order valence-electron chi connectivity index (χ0n) is 7.49. The first kappa shape index (κ1) is 9.77. The average Bonchev–Trinajstić information content (AvgIpc) is 2.14. The maximum atomic E-state index is 11.2. The zero-order chi connectivity index (χ0) is 9.68. The van der Waals surface area contributed by atoms with Crippen LogP contribution in [0.25, 0.3) is 0 Å². The quantitative estimate of drug-likeness (QED) is 0.599. The van der Waals surface area contributed by atoms with Gasteiger partial charge in [0.25, 0.3) is 0 Å². The standard InChI is InChI=1S/C9H13NO3/c1-2-6-13-9(12)10-5-3-4-8(11)7-10/h2H,1,3-7H2. The zero-order valence-corrected chi connectivity index (χ0v) is 7.49. The van der Waals surface area contributed by atoms with E-state index in [0.717, 1.165) is 6.42 Å². The lowest BCUT2D eigenvalue weighted by molar-refractivity contribution is -0.121. The molecule has 1 rings (SSSR count). The van der Waals surface area contributed by atoms with Gasteiger partial charge in [-0.15, -0.1) is 0 Å². The molecular weight excluding hydrogens is 170 g/mol. The Kier molecular flexibility index (Phi) is 3.49. The Morgan fingerprint density at radius 2 is 2.46 bits per heavy atom. The van der Waals surface area contributed by atoms with Gasteiger partial charge < -0.3 is 9.64 Å². The minimum atomic E-state index is -0.423. The van der Waals surface area contributed by atoms with Gasteiger partial charge in [0.2, 0.25) is 0 Å². The monoisotopic (exact) mass is 183 g/mol. The van der Waals surface area contributed by atoms with Crippen LogP contribution in [-0.4, -0.2) is 36.5 Å². The van der Waals surface area contributed by atoms with Gasteiger partial charge in [-0.3, -0.25) is 4.79 Å². The second-order valence-electron chi connectivity index (χ2n) is 2.93. The number of hydrogen-bond donors (Lipinski definition) is 0. The molecule has 0 spiro atoms. The molecule has 0 atom stereocenters. The van der Waals surface area contributed by atoms with Crippen LogP contribution in [0.5, 0.6) is 0 Å². The van der Waals surface area contributed by atoms with Gasteiger partial charge in [0.05, 0.1) is 6.54 Å². The van der Waals surface area contributed by atoms with E-state index in [9.17, 15) is 9.59 Å². The second-order valence-corrected chi connectivity index (χ2v) is 2.93. The molecule has 0 N–H and O–H groups in total. The van der Waals surface area contributed by atoms with Crippen molar-refractivity contribution in [1.29, 1.82) is 0 Å². The van der Waals surface area contributed by atoms with Crippen LogP contribution >= 0.6 is 0 Å². The topological polar surface area (TPSA) is 46.6 Å². The van der Waals surface area contributed by atoms with Crippen LogP contribution in [0.3, 0.4) is 0 Å². The maximum Gasteiger partial charge on any atom is 0.410 e. The molecule has 13 heavy (non-hydrogen) atoms. The van der Waals surface area contributed by atoms with Gasteiger partial charge in [-0.2, -0.15) is 0 Å². The molecule has 0 unspecified atom stereocenters.